The summed E-state index contributed by atoms with van der Waals surface area (Å²) in [4.78, 5) is 26.2. The maximum Gasteiger partial charge on any atom is 0.328 e. The number of hydrogen-bond acceptors (Lipinski definition) is 6. The lowest BCUT2D eigenvalue weighted by molar-refractivity contribution is -0.143. The molecule has 1 aromatic heterocycles. The van der Waals surface area contributed by atoms with Crippen molar-refractivity contribution in [3.05, 3.63) is 35.4 Å². The van der Waals surface area contributed by atoms with Gasteiger partial charge in [0, 0.05) is 5.56 Å². The molecule has 9 nitrogen and oxygen atoms in total. The monoisotopic (exact) mass is 388 g/mol. The fourth-order valence-electron chi connectivity index (χ4n) is 3.14. The quantitative estimate of drug-likeness (QED) is 0.772. The van der Waals surface area contributed by atoms with E-state index in [1.165, 1.54) is 4.90 Å². The zero-order valence-electron chi connectivity index (χ0n) is 16.2. The van der Waals surface area contributed by atoms with Crippen LogP contribution in [0.15, 0.2) is 18.2 Å². The Labute approximate surface area is 162 Å². The number of carbonyl (C=O) groups excluding carboxylic acids is 1. The molecule has 2 heterocycles. The summed E-state index contributed by atoms with van der Waals surface area (Å²) in [6.07, 6.45) is 0.848. The first-order chi connectivity index (χ1) is 13.5. The number of hydrogen-bond donors (Lipinski definition) is 1. The van der Waals surface area contributed by atoms with E-state index < -0.39 is 17.9 Å². The van der Waals surface area contributed by atoms with Gasteiger partial charge in [-0.2, -0.15) is 0 Å². The van der Waals surface area contributed by atoms with Crippen LogP contribution in [-0.2, 0) is 17.9 Å². The molecular weight excluding hydrogens is 364 g/mol. The third kappa shape index (κ3) is 3.78. The first-order valence-electron chi connectivity index (χ1n) is 9.28. The van der Waals surface area contributed by atoms with E-state index >= 15 is 0 Å². The zero-order chi connectivity index (χ0) is 20.3. The van der Waals surface area contributed by atoms with Crippen molar-refractivity contribution in [2.45, 2.75) is 46.3 Å². The molecule has 150 valence electrons. The minimum atomic E-state index is -1.07. The van der Waals surface area contributed by atoms with Gasteiger partial charge in [-0.25, -0.2) is 4.79 Å². The van der Waals surface area contributed by atoms with E-state index in [4.69, 9.17) is 9.47 Å². The number of rotatable bonds is 7. The van der Waals surface area contributed by atoms with Crippen molar-refractivity contribution < 1.29 is 24.2 Å². The average molecular weight is 388 g/mol. The smallest absolute Gasteiger partial charge is 0.328 e. The largest absolute Gasteiger partial charge is 0.490 e. The Morgan fingerprint density at radius 2 is 2.00 bits per heavy atom. The highest BCUT2D eigenvalue weighted by molar-refractivity contribution is 5.97. The molecule has 0 saturated heterocycles. The van der Waals surface area contributed by atoms with E-state index in [2.05, 4.69) is 10.2 Å². The molecule has 1 aliphatic rings. The SMILES string of the molecule is CCCOc1ccc(C(=O)N2Cc3nnc(C)n3CC2C(=O)O)cc1OCC. The van der Waals surface area contributed by atoms with Gasteiger partial charge in [0.25, 0.3) is 5.91 Å². The van der Waals surface area contributed by atoms with Crippen molar-refractivity contribution in [3.63, 3.8) is 0 Å². The zero-order valence-corrected chi connectivity index (χ0v) is 16.2. The van der Waals surface area contributed by atoms with E-state index in [1.807, 2.05) is 13.8 Å². The van der Waals surface area contributed by atoms with Gasteiger partial charge >= 0.3 is 5.97 Å². The van der Waals surface area contributed by atoms with E-state index in [0.29, 0.717) is 41.9 Å². The number of aryl methyl sites for hydroxylation is 1. The van der Waals surface area contributed by atoms with E-state index in [0.717, 1.165) is 6.42 Å². The number of aromatic nitrogens is 3. The van der Waals surface area contributed by atoms with Crippen LogP contribution >= 0.6 is 0 Å². The van der Waals surface area contributed by atoms with Crippen LogP contribution in [0.1, 0.15) is 42.3 Å². The van der Waals surface area contributed by atoms with Crippen LogP contribution in [0.5, 0.6) is 11.5 Å². The molecular formula is C19H24N4O5. The normalized spacial score (nSPS) is 15.8. The van der Waals surface area contributed by atoms with Crippen LogP contribution < -0.4 is 9.47 Å². The van der Waals surface area contributed by atoms with Gasteiger partial charge in [-0.15, -0.1) is 10.2 Å². The van der Waals surface area contributed by atoms with Crippen molar-refractivity contribution in [2.75, 3.05) is 13.2 Å². The van der Waals surface area contributed by atoms with Crippen molar-refractivity contribution in [1.82, 2.24) is 19.7 Å². The molecule has 0 aliphatic carbocycles. The molecule has 1 aliphatic heterocycles. The maximum atomic E-state index is 13.1. The van der Waals surface area contributed by atoms with E-state index in [1.54, 1.807) is 29.7 Å². The number of benzene rings is 1. The average Bonchev–Trinajstić information content (AvgIpc) is 3.05. The number of nitrogens with zero attached hydrogens (tertiary/aromatic N) is 4. The second kappa shape index (κ2) is 8.28. The Morgan fingerprint density at radius 3 is 2.68 bits per heavy atom. The summed E-state index contributed by atoms with van der Waals surface area (Å²) in [5.74, 6) is 0.747. The topological polar surface area (TPSA) is 107 Å². The summed E-state index contributed by atoms with van der Waals surface area (Å²) in [5.41, 5.74) is 0.336. The van der Waals surface area contributed by atoms with Crippen LogP contribution in [0.4, 0.5) is 0 Å². The Balaban J connectivity index is 1.91. The van der Waals surface area contributed by atoms with Gasteiger partial charge in [-0.1, -0.05) is 6.92 Å². The van der Waals surface area contributed by atoms with Crippen molar-refractivity contribution in [2.24, 2.45) is 0 Å². The predicted molar refractivity (Wildman–Crippen MR) is 99.5 cm³/mol. The molecule has 0 radical (unpaired) electrons. The Hall–Kier alpha value is -3.10. The van der Waals surface area contributed by atoms with Gasteiger partial charge in [0.05, 0.1) is 26.3 Å². The van der Waals surface area contributed by atoms with Crippen molar-refractivity contribution in [3.8, 4) is 11.5 Å². The Morgan fingerprint density at radius 1 is 1.21 bits per heavy atom. The van der Waals surface area contributed by atoms with Crippen LogP contribution in [0.2, 0.25) is 0 Å². The Bertz CT molecular complexity index is 879. The molecule has 1 aromatic carbocycles. The number of fused-ring (bicyclic) bond motifs is 1. The summed E-state index contributed by atoms with van der Waals surface area (Å²) in [6.45, 7) is 6.76. The second-order valence-electron chi connectivity index (χ2n) is 6.50. The first kappa shape index (κ1) is 19.7. The highest BCUT2D eigenvalue weighted by Crippen LogP contribution is 2.30. The third-order valence-corrected chi connectivity index (χ3v) is 4.55. The van der Waals surface area contributed by atoms with Gasteiger partial charge in [-0.3, -0.25) is 4.79 Å². The highest BCUT2D eigenvalue weighted by atomic mass is 16.5. The molecule has 0 spiro atoms. The molecule has 0 fully saturated rings. The lowest BCUT2D eigenvalue weighted by Crippen LogP contribution is -2.50. The second-order valence-corrected chi connectivity index (χ2v) is 6.50. The number of aliphatic carboxylic acids is 1. The molecule has 1 unspecified atom stereocenters. The molecule has 2 aromatic rings. The fourth-order valence-corrected chi connectivity index (χ4v) is 3.14. The number of carbonyl (C=O) groups is 2. The van der Waals surface area contributed by atoms with Gasteiger partial charge in [0.2, 0.25) is 0 Å². The molecule has 3 rings (SSSR count). The van der Waals surface area contributed by atoms with Crippen LogP contribution in [-0.4, -0.2) is 55.9 Å². The van der Waals surface area contributed by atoms with E-state index in [9.17, 15) is 14.7 Å². The number of carboxylic acid groups (broad SMARTS) is 1. The standard InChI is InChI=1S/C19H24N4O5/c1-4-8-28-15-7-6-13(9-16(15)27-5-2)18(24)23-11-17-21-20-12(3)22(17)10-14(23)19(25)26/h6-7,9,14H,4-5,8,10-11H2,1-3H3,(H,25,26). The number of amides is 1. The lowest BCUT2D eigenvalue weighted by atomic mass is 10.1. The van der Waals surface area contributed by atoms with Crippen LogP contribution in [0, 0.1) is 6.92 Å². The van der Waals surface area contributed by atoms with E-state index in [-0.39, 0.29) is 13.1 Å². The van der Waals surface area contributed by atoms with Crippen LogP contribution in [0.25, 0.3) is 0 Å². The third-order valence-electron chi connectivity index (χ3n) is 4.55. The summed E-state index contributed by atoms with van der Waals surface area (Å²) in [7, 11) is 0. The van der Waals surface area contributed by atoms with Gasteiger partial charge in [0.1, 0.15) is 11.9 Å². The number of carboxylic acids is 1. The maximum absolute atomic E-state index is 13.1. The summed E-state index contributed by atoms with van der Waals surface area (Å²) in [5, 5.41) is 17.7. The summed E-state index contributed by atoms with van der Waals surface area (Å²) in [6, 6.07) is 3.90. The van der Waals surface area contributed by atoms with Gasteiger partial charge in [0.15, 0.2) is 17.3 Å². The molecule has 28 heavy (non-hydrogen) atoms. The highest BCUT2D eigenvalue weighted by Gasteiger charge is 2.37. The predicted octanol–water partition coefficient (Wildman–Crippen LogP) is 1.88. The summed E-state index contributed by atoms with van der Waals surface area (Å²) >= 11 is 0. The molecule has 0 bridgehead atoms. The molecule has 1 amide bonds. The molecule has 1 N–H and O–H groups in total. The minimum Gasteiger partial charge on any atom is -0.490 e. The van der Waals surface area contributed by atoms with Crippen molar-refractivity contribution >= 4 is 11.9 Å². The minimum absolute atomic E-state index is 0.0781. The Kier molecular flexibility index (Phi) is 5.81. The first-order valence-corrected chi connectivity index (χ1v) is 9.28. The lowest BCUT2D eigenvalue weighted by Gasteiger charge is -2.33. The summed E-state index contributed by atoms with van der Waals surface area (Å²) < 4.78 is 13.0. The van der Waals surface area contributed by atoms with Gasteiger partial charge in [-0.05, 0) is 38.5 Å². The fraction of sp³-hybridized carbons (Fsp3) is 0.474. The van der Waals surface area contributed by atoms with Gasteiger partial charge < -0.3 is 24.0 Å². The number of ether oxygens (including phenoxy) is 2. The molecule has 9 heteroatoms. The van der Waals surface area contributed by atoms with Crippen molar-refractivity contribution in [1.29, 1.82) is 0 Å². The molecule has 0 saturated carbocycles. The van der Waals surface area contributed by atoms with Crippen LogP contribution in [0.3, 0.4) is 0 Å². The molecule has 1 atom stereocenters.